The number of amides is 2. The monoisotopic (exact) mass is 972 g/mol. The number of nitrogens with zero attached hydrogens (tertiary/aromatic N) is 10. The second-order valence-corrected chi connectivity index (χ2v) is 22.6. The van der Waals surface area contributed by atoms with Crippen LogP contribution in [0.15, 0.2) is 86.0 Å². The Bertz CT molecular complexity index is 3150. The third-order valence-corrected chi connectivity index (χ3v) is 16.2. The van der Waals surface area contributed by atoms with E-state index in [9.17, 15) is 19.8 Å². The minimum atomic E-state index is -0.485. The summed E-state index contributed by atoms with van der Waals surface area (Å²) in [6.45, 7) is 3.90. The van der Waals surface area contributed by atoms with Gasteiger partial charge >= 0.3 is 0 Å². The van der Waals surface area contributed by atoms with Crippen molar-refractivity contribution < 1.29 is 29.3 Å². The lowest BCUT2D eigenvalue weighted by atomic mass is 9.53. The van der Waals surface area contributed by atoms with Gasteiger partial charge < -0.3 is 30.3 Å². The summed E-state index contributed by atoms with van der Waals surface area (Å²) in [4.78, 5) is 35.4. The summed E-state index contributed by atoms with van der Waals surface area (Å²) in [5.41, 5.74) is 4.61. The molecule has 6 aliphatic rings. The Morgan fingerprint density at radius 3 is 1.38 bits per heavy atom. The lowest BCUT2D eigenvalue weighted by molar-refractivity contribution is -0.134. The predicted molar refractivity (Wildman–Crippen MR) is 268 cm³/mol. The SMILES string of the molecule is CC1(O)CC2(CCC(n3cc4cc(C(=O)Nc5cnn6cccnc56)c(OC5CC5)cc4n3)CC2)C1.CC1(O)CC2(CCC(n3cc4cc(C(=O)Nc5cnn6cccnc56)c(OC5CC5)cc4n3)CC2)C1. The van der Waals surface area contributed by atoms with Crippen molar-refractivity contribution in [3.63, 3.8) is 0 Å². The molecule has 6 aliphatic carbocycles. The maximum atomic E-state index is 13.4. The first-order valence-corrected chi connectivity index (χ1v) is 25.8. The van der Waals surface area contributed by atoms with Crippen LogP contribution in [-0.4, -0.2) is 94.2 Å². The van der Waals surface area contributed by atoms with E-state index in [1.807, 2.05) is 38.1 Å². The number of aromatic nitrogens is 10. The van der Waals surface area contributed by atoms with Crippen molar-refractivity contribution in [2.45, 2.75) is 152 Å². The number of anilines is 2. The average molecular weight is 973 g/mol. The Labute approximate surface area is 415 Å². The van der Waals surface area contributed by atoms with Gasteiger partial charge in [-0.3, -0.25) is 19.0 Å². The van der Waals surface area contributed by atoms with E-state index >= 15 is 0 Å². The minimum absolute atomic E-state index is 0.156. The number of ether oxygens (including phenoxy) is 2. The van der Waals surface area contributed by atoms with Crippen molar-refractivity contribution in [1.29, 1.82) is 0 Å². The van der Waals surface area contributed by atoms with Gasteiger partial charge in [0.15, 0.2) is 11.3 Å². The van der Waals surface area contributed by atoms with Crippen LogP contribution in [0.1, 0.15) is 149 Å². The first-order valence-electron chi connectivity index (χ1n) is 25.8. The Kier molecular flexibility index (Phi) is 10.5. The van der Waals surface area contributed by atoms with Gasteiger partial charge in [0, 0.05) is 60.1 Å². The largest absolute Gasteiger partial charge is 0.490 e. The van der Waals surface area contributed by atoms with Crippen LogP contribution in [-0.2, 0) is 0 Å². The zero-order valence-corrected chi connectivity index (χ0v) is 40.7. The van der Waals surface area contributed by atoms with Gasteiger partial charge in [0.05, 0.1) is 70.0 Å². The fourth-order valence-electron chi connectivity index (χ4n) is 12.8. The fraction of sp³-hybridized carbons (Fsp3) is 0.481. The zero-order chi connectivity index (χ0) is 49.0. The first-order chi connectivity index (χ1) is 34.7. The molecule has 72 heavy (non-hydrogen) atoms. The van der Waals surface area contributed by atoms with Gasteiger partial charge in [-0.15, -0.1) is 0 Å². The Hall–Kier alpha value is -6.92. The van der Waals surface area contributed by atoms with E-state index in [1.165, 1.54) is 0 Å². The molecule has 6 aromatic heterocycles. The van der Waals surface area contributed by atoms with E-state index in [0.717, 1.165) is 125 Å². The van der Waals surface area contributed by atoms with Gasteiger partial charge in [-0.1, -0.05) is 0 Å². The minimum Gasteiger partial charge on any atom is -0.490 e. The number of benzene rings is 2. The van der Waals surface area contributed by atoms with Crippen LogP contribution in [0.25, 0.3) is 33.1 Å². The van der Waals surface area contributed by atoms with Gasteiger partial charge in [-0.2, -0.15) is 20.4 Å². The molecule has 0 atom stereocenters. The summed E-state index contributed by atoms with van der Waals surface area (Å²) < 4.78 is 19.7. The number of aliphatic hydroxyl groups is 2. The molecule has 0 bridgehead atoms. The highest BCUT2D eigenvalue weighted by Crippen LogP contribution is 2.59. The van der Waals surface area contributed by atoms with Crippen molar-refractivity contribution in [1.82, 2.24) is 48.8 Å². The maximum Gasteiger partial charge on any atom is 0.259 e. The molecule has 372 valence electrons. The molecule has 0 radical (unpaired) electrons. The average Bonchev–Trinajstić information content (AvgIpc) is 4.15. The van der Waals surface area contributed by atoms with Crippen molar-refractivity contribution in [3.05, 3.63) is 97.1 Å². The molecule has 6 fully saturated rings. The second kappa shape index (κ2) is 16.8. The molecule has 14 rings (SSSR count). The topological polar surface area (TPSA) is 213 Å². The Morgan fingerprint density at radius 1 is 0.597 bits per heavy atom. The van der Waals surface area contributed by atoms with E-state index < -0.39 is 11.2 Å². The van der Waals surface area contributed by atoms with Crippen molar-refractivity contribution >= 4 is 56.3 Å². The number of hydrogen-bond donors (Lipinski definition) is 4. The normalized spacial score (nSPS) is 27.9. The molecule has 0 saturated heterocycles. The number of fused-ring (bicyclic) bond motifs is 4. The molecular weight excluding hydrogens is 913 g/mol. The Balaban J connectivity index is 0.000000140. The van der Waals surface area contributed by atoms with E-state index in [1.54, 1.807) is 58.3 Å². The molecule has 6 saturated carbocycles. The van der Waals surface area contributed by atoms with Crippen molar-refractivity contribution in [3.8, 4) is 11.5 Å². The number of nitrogens with one attached hydrogen (secondary N) is 2. The third kappa shape index (κ3) is 8.71. The molecule has 0 unspecified atom stereocenters. The third-order valence-electron chi connectivity index (χ3n) is 16.2. The molecule has 18 heteroatoms. The van der Waals surface area contributed by atoms with Crippen LogP contribution in [0.2, 0.25) is 0 Å². The van der Waals surface area contributed by atoms with E-state index in [0.29, 0.717) is 68.2 Å². The van der Waals surface area contributed by atoms with Crippen LogP contribution < -0.4 is 20.1 Å². The summed E-state index contributed by atoms with van der Waals surface area (Å²) in [6, 6.07) is 11.8. The van der Waals surface area contributed by atoms with Gasteiger partial charge in [0.25, 0.3) is 11.8 Å². The highest BCUT2D eigenvalue weighted by molar-refractivity contribution is 6.10. The molecule has 8 aromatic rings. The lowest BCUT2D eigenvalue weighted by Crippen LogP contribution is -2.51. The second-order valence-electron chi connectivity index (χ2n) is 22.6. The van der Waals surface area contributed by atoms with Crippen LogP contribution in [0, 0.1) is 10.8 Å². The van der Waals surface area contributed by atoms with Gasteiger partial charge in [-0.05, 0) is 152 Å². The molecule has 2 spiro atoms. The molecule has 18 nitrogen and oxygen atoms in total. The molecule has 2 amide bonds. The predicted octanol–water partition coefficient (Wildman–Crippen LogP) is 9.04. The quantitative estimate of drug-likeness (QED) is 0.101. The number of carbonyl (C=O) groups is 2. The van der Waals surface area contributed by atoms with Gasteiger partial charge in [-0.25, -0.2) is 19.0 Å². The summed E-state index contributed by atoms with van der Waals surface area (Å²) in [5, 5.41) is 46.6. The summed E-state index contributed by atoms with van der Waals surface area (Å²) in [6.07, 6.45) is 31.0. The molecule has 4 N–H and O–H groups in total. The van der Waals surface area contributed by atoms with Crippen LogP contribution >= 0.6 is 0 Å². The summed E-state index contributed by atoms with van der Waals surface area (Å²) >= 11 is 0. The molecule has 0 aliphatic heterocycles. The highest BCUT2D eigenvalue weighted by atomic mass is 16.5. The van der Waals surface area contributed by atoms with Crippen LogP contribution in [0.3, 0.4) is 0 Å². The number of carbonyl (C=O) groups excluding carboxylic acids is 2. The van der Waals surface area contributed by atoms with Gasteiger partial charge in [0.1, 0.15) is 22.9 Å². The summed E-state index contributed by atoms with van der Waals surface area (Å²) in [5.74, 6) is 0.628. The smallest absolute Gasteiger partial charge is 0.259 e. The lowest BCUT2D eigenvalue weighted by Gasteiger charge is -2.55. The molecule has 2 aromatic carbocycles. The first kappa shape index (κ1) is 45.0. The van der Waals surface area contributed by atoms with Crippen molar-refractivity contribution in [2.75, 3.05) is 10.6 Å². The number of rotatable bonds is 10. The van der Waals surface area contributed by atoms with E-state index in [2.05, 4.69) is 52.6 Å². The van der Waals surface area contributed by atoms with Crippen molar-refractivity contribution in [2.24, 2.45) is 10.8 Å². The fourth-order valence-corrected chi connectivity index (χ4v) is 12.8. The van der Waals surface area contributed by atoms with Crippen LogP contribution in [0.4, 0.5) is 11.4 Å². The zero-order valence-electron chi connectivity index (χ0n) is 40.7. The van der Waals surface area contributed by atoms with Gasteiger partial charge in [0.2, 0.25) is 0 Å². The Morgan fingerprint density at radius 2 is 1.00 bits per heavy atom. The summed E-state index contributed by atoms with van der Waals surface area (Å²) in [7, 11) is 0. The standard InChI is InChI=1S/2C27H30N6O3/c2*1-26(35)15-27(16-26)7-5-18(6-8-27)33-14-17-11-20(23(12-21(17)31-33)36-19-3-4-19)25(34)30-22-13-29-32-10-2-9-28-24(22)32/h2*2,9-14,18-19,35H,3-8,15-16H2,1H3,(H,30,34). The molecular formula is C54H60N12O6. The van der Waals surface area contributed by atoms with E-state index in [-0.39, 0.29) is 24.0 Å². The molecule has 6 heterocycles. The highest BCUT2D eigenvalue weighted by Gasteiger charge is 2.53. The van der Waals surface area contributed by atoms with Crippen LogP contribution in [0.5, 0.6) is 11.5 Å². The van der Waals surface area contributed by atoms with E-state index in [4.69, 9.17) is 19.7 Å². The maximum absolute atomic E-state index is 13.4. The number of hydrogen-bond acceptors (Lipinski definition) is 12.